The molecule has 1 nitrogen and oxygen atoms in total. The van der Waals surface area contributed by atoms with Gasteiger partial charge in [-0.3, -0.25) is 0 Å². The summed E-state index contributed by atoms with van der Waals surface area (Å²) in [4.78, 5) is 0. The summed E-state index contributed by atoms with van der Waals surface area (Å²) in [5.41, 5.74) is 1.84. The van der Waals surface area contributed by atoms with E-state index < -0.39 is 0 Å². The predicted octanol–water partition coefficient (Wildman–Crippen LogP) is 2.34. The van der Waals surface area contributed by atoms with E-state index in [2.05, 4.69) is 32.7 Å². The van der Waals surface area contributed by atoms with Gasteiger partial charge in [0.05, 0.1) is 0 Å². The van der Waals surface area contributed by atoms with Gasteiger partial charge in [-0.05, 0) is 31.7 Å². The molecule has 0 aromatic carbocycles. The summed E-state index contributed by atoms with van der Waals surface area (Å²) in [5.74, 6) is 0. The van der Waals surface area contributed by atoms with E-state index in [9.17, 15) is 0 Å². The van der Waals surface area contributed by atoms with Crippen molar-refractivity contribution in [1.82, 2.24) is 5.32 Å². The van der Waals surface area contributed by atoms with Gasteiger partial charge in [-0.1, -0.05) is 19.4 Å². The third kappa shape index (κ3) is 2.66. The third-order valence-electron chi connectivity index (χ3n) is 2.46. The van der Waals surface area contributed by atoms with Crippen molar-refractivity contribution >= 4 is 0 Å². The van der Waals surface area contributed by atoms with Crippen LogP contribution < -0.4 is 5.32 Å². The van der Waals surface area contributed by atoms with E-state index in [4.69, 9.17) is 0 Å². The Morgan fingerprint density at radius 3 is 2.55 bits per heavy atom. The van der Waals surface area contributed by atoms with Crippen molar-refractivity contribution in [3.63, 3.8) is 0 Å². The average molecular weight is 153 g/mol. The van der Waals surface area contributed by atoms with Crippen LogP contribution in [0, 0.1) is 5.41 Å². The molecule has 0 radical (unpaired) electrons. The van der Waals surface area contributed by atoms with Crippen molar-refractivity contribution in [2.45, 2.75) is 39.7 Å². The normalized spacial score (nSPS) is 26.6. The maximum absolute atomic E-state index is 3.87. The molecular formula is C10H19N. The van der Waals surface area contributed by atoms with Crippen LogP contribution in [0.2, 0.25) is 0 Å². The third-order valence-corrected chi connectivity index (χ3v) is 2.46. The molecule has 1 rings (SSSR count). The average Bonchev–Trinajstić information content (AvgIpc) is 2.39. The summed E-state index contributed by atoms with van der Waals surface area (Å²) >= 11 is 0. The highest BCUT2D eigenvalue weighted by Crippen LogP contribution is 2.44. The van der Waals surface area contributed by atoms with E-state index in [-0.39, 0.29) is 0 Å². The van der Waals surface area contributed by atoms with Gasteiger partial charge in [-0.2, -0.15) is 0 Å². The van der Waals surface area contributed by atoms with Gasteiger partial charge in [0, 0.05) is 6.04 Å². The molecule has 0 aromatic heterocycles. The van der Waals surface area contributed by atoms with Gasteiger partial charge in [0.15, 0.2) is 0 Å². The number of rotatable bonds is 4. The Labute approximate surface area is 69.9 Å². The van der Waals surface area contributed by atoms with Gasteiger partial charge in [0.1, 0.15) is 0 Å². The lowest BCUT2D eigenvalue weighted by atomic mass is 10.2. The molecule has 1 saturated carbocycles. The van der Waals surface area contributed by atoms with Crippen LogP contribution in [-0.4, -0.2) is 12.6 Å². The molecule has 0 spiro atoms. The smallest absolute Gasteiger partial charge is 0.0125 e. The minimum Gasteiger partial charge on any atom is -0.313 e. The molecule has 0 aromatic rings. The van der Waals surface area contributed by atoms with Crippen LogP contribution in [0.3, 0.4) is 0 Å². The van der Waals surface area contributed by atoms with Crippen LogP contribution in [0.15, 0.2) is 12.2 Å². The molecule has 0 aliphatic heterocycles. The predicted molar refractivity (Wildman–Crippen MR) is 49.6 cm³/mol. The second-order valence-corrected chi connectivity index (χ2v) is 4.41. The number of hydrogen-bond acceptors (Lipinski definition) is 1. The first kappa shape index (κ1) is 8.79. The molecule has 1 atom stereocenters. The van der Waals surface area contributed by atoms with E-state index in [0.717, 1.165) is 19.0 Å². The molecule has 1 unspecified atom stereocenters. The molecule has 0 heterocycles. The van der Waals surface area contributed by atoms with Gasteiger partial charge < -0.3 is 5.32 Å². The van der Waals surface area contributed by atoms with Crippen LogP contribution >= 0.6 is 0 Å². The molecule has 0 amide bonds. The number of nitrogens with one attached hydrogen (secondary N) is 1. The Hall–Kier alpha value is -0.300. The first-order valence-electron chi connectivity index (χ1n) is 4.40. The molecular weight excluding hydrogens is 134 g/mol. The van der Waals surface area contributed by atoms with Gasteiger partial charge in [-0.15, -0.1) is 6.58 Å². The van der Waals surface area contributed by atoms with Crippen molar-refractivity contribution in [3.8, 4) is 0 Å². The zero-order chi connectivity index (χ0) is 8.48. The highest BCUT2D eigenvalue weighted by atomic mass is 15.0. The van der Waals surface area contributed by atoms with Crippen molar-refractivity contribution in [3.05, 3.63) is 12.2 Å². The lowest BCUT2D eigenvalue weighted by molar-refractivity contribution is 0.543. The molecule has 0 saturated heterocycles. The molecule has 0 bridgehead atoms. The first-order valence-corrected chi connectivity index (χ1v) is 4.40. The van der Waals surface area contributed by atoms with Crippen LogP contribution in [-0.2, 0) is 0 Å². The Kier molecular flexibility index (Phi) is 2.38. The fourth-order valence-corrected chi connectivity index (χ4v) is 1.28. The summed E-state index contributed by atoms with van der Waals surface area (Å²) in [6.45, 7) is 11.7. The van der Waals surface area contributed by atoms with Crippen molar-refractivity contribution in [2.24, 2.45) is 5.41 Å². The lowest BCUT2D eigenvalue weighted by Gasteiger charge is -2.05. The minimum atomic E-state index is 0.565. The highest BCUT2D eigenvalue weighted by molar-refractivity contribution is 5.02. The van der Waals surface area contributed by atoms with Crippen molar-refractivity contribution < 1.29 is 0 Å². The van der Waals surface area contributed by atoms with Gasteiger partial charge in [0.2, 0.25) is 0 Å². The Bertz CT molecular complexity index is 158. The minimum absolute atomic E-state index is 0.565. The van der Waals surface area contributed by atoms with E-state index >= 15 is 0 Å². The molecule has 1 fully saturated rings. The van der Waals surface area contributed by atoms with E-state index in [0.29, 0.717) is 5.41 Å². The first-order chi connectivity index (χ1) is 5.02. The molecule has 1 heteroatoms. The summed E-state index contributed by atoms with van der Waals surface area (Å²) in [7, 11) is 0. The standard InChI is InChI=1S/C10H19N/c1-8(2)5-6-11-9-7-10(9,3)4/h9,11H,1,5-7H2,2-4H3. The zero-order valence-electron chi connectivity index (χ0n) is 7.91. The summed E-state index contributed by atoms with van der Waals surface area (Å²) in [5, 5.41) is 3.52. The maximum atomic E-state index is 3.87. The van der Waals surface area contributed by atoms with Gasteiger partial charge in [-0.25, -0.2) is 0 Å². The molecule has 11 heavy (non-hydrogen) atoms. The van der Waals surface area contributed by atoms with E-state index in [1.807, 2.05) is 0 Å². The quantitative estimate of drug-likeness (QED) is 0.611. The molecule has 1 N–H and O–H groups in total. The van der Waals surface area contributed by atoms with Crippen molar-refractivity contribution in [1.29, 1.82) is 0 Å². The molecule has 1 aliphatic carbocycles. The van der Waals surface area contributed by atoms with Gasteiger partial charge in [0.25, 0.3) is 0 Å². The largest absolute Gasteiger partial charge is 0.313 e. The summed E-state index contributed by atoms with van der Waals surface area (Å²) in [6, 6.07) is 0.766. The Morgan fingerprint density at radius 2 is 2.18 bits per heavy atom. The van der Waals surface area contributed by atoms with E-state index in [1.165, 1.54) is 12.0 Å². The lowest BCUT2D eigenvalue weighted by Crippen LogP contribution is -2.21. The van der Waals surface area contributed by atoms with Gasteiger partial charge >= 0.3 is 0 Å². The summed E-state index contributed by atoms with van der Waals surface area (Å²) < 4.78 is 0. The van der Waals surface area contributed by atoms with Crippen LogP contribution in [0.1, 0.15) is 33.6 Å². The summed E-state index contributed by atoms with van der Waals surface area (Å²) in [6.07, 6.45) is 2.45. The topological polar surface area (TPSA) is 12.0 Å². The maximum Gasteiger partial charge on any atom is 0.0125 e. The van der Waals surface area contributed by atoms with Crippen molar-refractivity contribution in [2.75, 3.05) is 6.54 Å². The number of hydrogen-bond donors (Lipinski definition) is 1. The van der Waals surface area contributed by atoms with Crippen LogP contribution in [0.5, 0.6) is 0 Å². The monoisotopic (exact) mass is 153 g/mol. The zero-order valence-corrected chi connectivity index (χ0v) is 7.91. The molecule has 64 valence electrons. The Balaban J connectivity index is 2.02. The highest BCUT2D eigenvalue weighted by Gasteiger charge is 2.44. The Morgan fingerprint density at radius 1 is 1.64 bits per heavy atom. The van der Waals surface area contributed by atoms with Crippen LogP contribution in [0.25, 0.3) is 0 Å². The fourth-order valence-electron chi connectivity index (χ4n) is 1.28. The van der Waals surface area contributed by atoms with Crippen LogP contribution in [0.4, 0.5) is 0 Å². The van der Waals surface area contributed by atoms with E-state index in [1.54, 1.807) is 0 Å². The fraction of sp³-hybridized carbons (Fsp3) is 0.800. The second-order valence-electron chi connectivity index (χ2n) is 4.41. The SMILES string of the molecule is C=C(C)CCNC1CC1(C)C. The molecule has 1 aliphatic rings. The second kappa shape index (κ2) is 2.98.